The van der Waals surface area contributed by atoms with E-state index in [1.54, 1.807) is 0 Å². The van der Waals surface area contributed by atoms with Crippen LogP contribution in [0.15, 0.2) is 0 Å². The van der Waals surface area contributed by atoms with E-state index in [2.05, 4.69) is 5.32 Å². The van der Waals surface area contributed by atoms with Gasteiger partial charge in [0.1, 0.15) is 5.60 Å². The first-order chi connectivity index (χ1) is 8.40. The first-order valence-corrected chi connectivity index (χ1v) is 7.02. The molecular formula is C14H19NO3. The van der Waals surface area contributed by atoms with Crippen LogP contribution in [0.2, 0.25) is 0 Å². The number of ether oxygens (including phenoxy) is 1. The van der Waals surface area contributed by atoms with Gasteiger partial charge in [-0.05, 0) is 56.3 Å². The van der Waals surface area contributed by atoms with Crippen molar-refractivity contribution in [2.45, 2.75) is 31.9 Å². The summed E-state index contributed by atoms with van der Waals surface area (Å²) in [5, 5.41) is 12.9. The molecule has 0 spiro atoms. The van der Waals surface area contributed by atoms with Gasteiger partial charge in [0, 0.05) is 5.41 Å². The number of rotatable bonds is 2. The Labute approximate surface area is 106 Å². The fraction of sp³-hybridized carbons (Fsp3) is 0.929. The third kappa shape index (κ3) is 0.575. The van der Waals surface area contributed by atoms with Crippen LogP contribution in [-0.4, -0.2) is 28.9 Å². The zero-order chi connectivity index (χ0) is 12.7. The first kappa shape index (κ1) is 10.1. The SMILES string of the molecule is CC(C)(C)OC(=O)NC12C3C4C5C3C1(CO)C5C42. The minimum Gasteiger partial charge on any atom is -0.444 e. The molecule has 98 valence electrons. The Bertz CT molecular complexity index is 474. The molecule has 6 saturated carbocycles. The summed E-state index contributed by atoms with van der Waals surface area (Å²) in [5.41, 5.74) is -0.466. The molecule has 6 fully saturated rings. The number of nitrogens with one attached hydrogen (secondary N) is 1. The number of alkyl carbamates (subject to hydrolysis) is 1. The van der Waals surface area contributed by atoms with Crippen LogP contribution in [0, 0.1) is 40.9 Å². The van der Waals surface area contributed by atoms with Crippen molar-refractivity contribution < 1.29 is 14.6 Å². The second kappa shape index (κ2) is 2.21. The Morgan fingerprint density at radius 1 is 1.22 bits per heavy atom. The third-order valence-electron chi connectivity index (χ3n) is 6.86. The molecule has 0 aromatic heterocycles. The largest absolute Gasteiger partial charge is 0.444 e. The van der Waals surface area contributed by atoms with Gasteiger partial charge >= 0.3 is 6.09 Å². The van der Waals surface area contributed by atoms with Gasteiger partial charge in [-0.3, -0.25) is 0 Å². The van der Waals surface area contributed by atoms with E-state index in [1.165, 1.54) is 0 Å². The molecule has 0 aromatic carbocycles. The second-order valence-electron chi connectivity index (χ2n) is 7.95. The quantitative estimate of drug-likeness (QED) is 0.767. The highest BCUT2D eigenvalue weighted by Crippen LogP contribution is 3.06. The summed E-state index contributed by atoms with van der Waals surface area (Å²) in [5.74, 6) is 4.56. The Kier molecular flexibility index (Phi) is 1.24. The predicted octanol–water partition coefficient (Wildman–Crippen LogP) is 0.994. The molecule has 0 aromatic rings. The van der Waals surface area contributed by atoms with Crippen LogP contribution in [0.25, 0.3) is 0 Å². The molecule has 4 heteroatoms. The van der Waals surface area contributed by atoms with Gasteiger partial charge in [0.2, 0.25) is 0 Å². The van der Waals surface area contributed by atoms with Gasteiger partial charge in [-0.15, -0.1) is 0 Å². The van der Waals surface area contributed by atoms with Crippen molar-refractivity contribution in [3.05, 3.63) is 0 Å². The Balaban J connectivity index is 1.39. The summed E-state index contributed by atoms with van der Waals surface area (Å²) in [6, 6.07) is 0. The van der Waals surface area contributed by atoms with Crippen LogP contribution >= 0.6 is 0 Å². The van der Waals surface area contributed by atoms with Crippen molar-refractivity contribution >= 4 is 6.09 Å². The molecule has 6 rings (SSSR count). The fourth-order valence-corrected chi connectivity index (χ4v) is 6.86. The zero-order valence-corrected chi connectivity index (χ0v) is 10.9. The Hall–Kier alpha value is -0.770. The zero-order valence-electron chi connectivity index (χ0n) is 10.9. The number of hydrogen-bond acceptors (Lipinski definition) is 3. The molecule has 0 bridgehead atoms. The molecule has 6 aliphatic rings. The first-order valence-electron chi connectivity index (χ1n) is 7.02. The van der Waals surface area contributed by atoms with Gasteiger partial charge in [0.25, 0.3) is 0 Å². The monoisotopic (exact) mass is 249 g/mol. The molecule has 0 heterocycles. The summed E-state index contributed by atoms with van der Waals surface area (Å²) in [6.45, 7) is 5.89. The van der Waals surface area contributed by atoms with E-state index in [0.717, 1.165) is 23.7 Å². The number of aliphatic hydroxyl groups is 1. The van der Waals surface area contributed by atoms with Gasteiger partial charge in [-0.25, -0.2) is 4.79 Å². The number of carbonyl (C=O) groups is 1. The van der Waals surface area contributed by atoms with Crippen molar-refractivity contribution in [3.63, 3.8) is 0 Å². The summed E-state index contributed by atoms with van der Waals surface area (Å²) in [4.78, 5) is 12.0. The molecule has 4 atom stereocenters. The van der Waals surface area contributed by atoms with Crippen molar-refractivity contribution in [1.29, 1.82) is 0 Å². The molecule has 0 aliphatic heterocycles. The van der Waals surface area contributed by atoms with E-state index in [4.69, 9.17) is 4.74 Å². The van der Waals surface area contributed by atoms with Crippen LogP contribution in [-0.2, 0) is 4.74 Å². The van der Waals surface area contributed by atoms with E-state index in [-0.39, 0.29) is 23.7 Å². The van der Waals surface area contributed by atoms with E-state index in [9.17, 15) is 9.90 Å². The summed E-state index contributed by atoms with van der Waals surface area (Å²) < 4.78 is 5.38. The lowest BCUT2D eigenvalue weighted by atomic mass is 8.94. The number of aliphatic hydroxyl groups excluding tert-OH is 1. The third-order valence-corrected chi connectivity index (χ3v) is 6.86. The van der Waals surface area contributed by atoms with Gasteiger partial charge < -0.3 is 15.2 Å². The number of carbonyl (C=O) groups excluding carboxylic acids is 1. The molecule has 4 unspecified atom stereocenters. The lowest BCUT2D eigenvalue weighted by Crippen LogP contribution is -3.16. The summed E-state index contributed by atoms with van der Waals surface area (Å²) in [6.07, 6.45) is -0.300. The van der Waals surface area contributed by atoms with Gasteiger partial charge in [-0.1, -0.05) is 0 Å². The Morgan fingerprint density at radius 3 is 2.28 bits per heavy atom. The molecule has 0 saturated heterocycles. The Morgan fingerprint density at radius 2 is 1.78 bits per heavy atom. The molecule has 0 radical (unpaired) electrons. The molecule has 18 heavy (non-hydrogen) atoms. The highest BCUT2D eigenvalue weighted by molar-refractivity contribution is 5.74. The van der Waals surface area contributed by atoms with Crippen molar-refractivity contribution in [2.24, 2.45) is 40.9 Å². The molecular weight excluding hydrogens is 230 g/mol. The average Bonchev–Trinajstić information content (AvgIpc) is 2.26. The maximum Gasteiger partial charge on any atom is 0.408 e. The van der Waals surface area contributed by atoms with Crippen LogP contribution in [0.3, 0.4) is 0 Å². The normalized spacial score (nSPS) is 63.3. The van der Waals surface area contributed by atoms with Gasteiger partial charge in [-0.2, -0.15) is 0 Å². The van der Waals surface area contributed by atoms with Crippen molar-refractivity contribution in [1.82, 2.24) is 5.32 Å². The second-order valence-corrected chi connectivity index (χ2v) is 7.95. The van der Waals surface area contributed by atoms with Crippen LogP contribution in [0.4, 0.5) is 4.79 Å². The summed E-state index contributed by atoms with van der Waals surface area (Å²) in [7, 11) is 0. The maximum absolute atomic E-state index is 12.0. The van der Waals surface area contributed by atoms with E-state index < -0.39 is 5.60 Å². The van der Waals surface area contributed by atoms with Crippen molar-refractivity contribution in [3.8, 4) is 0 Å². The molecule has 6 aliphatic carbocycles. The lowest BCUT2D eigenvalue weighted by Gasteiger charge is -3.11. The molecule has 2 N–H and O–H groups in total. The molecule has 4 nitrogen and oxygen atoms in total. The molecule has 1 amide bonds. The summed E-state index contributed by atoms with van der Waals surface area (Å²) >= 11 is 0. The predicted molar refractivity (Wildman–Crippen MR) is 62.6 cm³/mol. The fourth-order valence-electron chi connectivity index (χ4n) is 6.86. The minimum absolute atomic E-state index is 0.0542. The van der Waals surface area contributed by atoms with E-state index in [0.29, 0.717) is 11.8 Å². The van der Waals surface area contributed by atoms with Crippen LogP contribution in [0.1, 0.15) is 20.8 Å². The van der Waals surface area contributed by atoms with Gasteiger partial charge in [0.05, 0.1) is 12.1 Å². The highest BCUT2D eigenvalue weighted by Gasteiger charge is 3.10. The lowest BCUT2D eigenvalue weighted by molar-refractivity contribution is -0.629. The number of amides is 1. The van der Waals surface area contributed by atoms with E-state index in [1.807, 2.05) is 20.8 Å². The van der Waals surface area contributed by atoms with Crippen LogP contribution in [0.5, 0.6) is 0 Å². The number of hydrogen-bond donors (Lipinski definition) is 2. The average molecular weight is 249 g/mol. The van der Waals surface area contributed by atoms with E-state index >= 15 is 0 Å². The smallest absolute Gasteiger partial charge is 0.408 e. The van der Waals surface area contributed by atoms with Crippen LogP contribution < -0.4 is 5.32 Å². The minimum atomic E-state index is -0.449. The standard InChI is InChI=1S/C14H19NO3/c1-12(2,3)18-11(17)15-14-9-6-5-7(9)13(14,4-16)8(5)10(6)14/h5-10,16H,4H2,1-3H3,(H,15,17). The maximum atomic E-state index is 12.0. The highest BCUT2D eigenvalue weighted by atomic mass is 16.6. The van der Waals surface area contributed by atoms with Gasteiger partial charge in [0.15, 0.2) is 0 Å². The topological polar surface area (TPSA) is 58.6 Å². The van der Waals surface area contributed by atoms with Crippen molar-refractivity contribution in [2.75, 3.05) is 6.61 Å².